The highest BCUT2D eigenvalue weighted by Gasteiger charge is 2.14. The molecule has 2 heteroatoms. The van der Waals surface area contributed by atoms with Crippen LogP contribution in [0.1, 0.15) is 62.2 Å². The summed E-state index contributed by atoms with van der Waals surface area (Å²) in [7, 11) is 0. The van der Waals surface area contributed by atoms with Crippen LogP contribution in [-0.2, 0) is 0 Å². The van der Waals surface area contributed by atoms with E-state index in [1.54, 1.807) is 0 Å². The third-order valence-electron chi connectivity index (χ3n) is 3.84. The quantitative estimate of drug-likeness (QED) is 0.697. The standard InChI is InChI=1S/C17H24O2/c1-2-7-17(18)15-10-6-11-16(12-15)19-13-14-8-4-3-5-9-14/h6,10-12,14H,2-5,7-9,13H2,1H3. The summed E-state index contributed by atoms with van der Waals surface area (Å²) in [4.78, 5) is 11.8. The van der Waals surface area contributed by atoms with Crippen LogP contribution < -0.4 is 4.74 Å². The Morgan fingerprint density at radius 1 is 1.26 bits per heavy atom. The van der Waals surface area contributed by atoms with Crippen molar-refractivity contribution in [2.75, 3.05) is 6.61 Å². The monoisotopic (exact) mass is 260 g/mol. The SMILES string of the molecule is CCCC(=O)c1cccc(OCC2CCCCC2)c1. The van der Waals surface area contributed by atoms with Crippen molar-refractivity contribution in [1.82, 2.24) is 0 Å². The number of Topliss-reactive ketones (excluding diaryl/α,β-unsaturated/α-hetero) is 1. The molecule has 19 heavy (non-hydrogen) atoms. The second kappa shape index (κ2) is 7.32. The molecule has 1 aliphatic rings. The fourth-order valence-corrected chi connectivity index (χ4v) is 2.70. The predicted octanol–water partition coefficient (Wildman–Crippen LogP) is 4.63. The van der Waals surface area contributed by atoms with Crippen molar-refractivity contribution >= 4 is 5.78 Å². The van der Waals surface area contributed by atoms with Crippen LogP contribution in [0.3, 0.4) is 0 Å². The molecule has 0 spiro atoms. The number of benzene rings is 1. The first-order chi connectivity index (χ1) is 9.29. The molecule has 1 aromatic carbocycles. The molecule has 104 valence electrons. The molecule has 0 heterocycles. The van der Waals surface area contributed by atoms with Crippen LogP contribution in [0.2, 0.25) is 0 Å². The minimum atomic E-state index is 0.214. The fourth-order valence-electron chi connectivity index (χ4n) is 2.70. The summed E-state index contributed by atoms with van der Waals surface area (Å²) >= 11 is 0. The van der Waals surface area contributed by atoms with Gasteiger partial charge in [-0.2, -0.15) is 0 Å². The molecule has 0 saturated heterocycles. The summed E-state index contributed by atoms with van der Waals surface area (Å²) in [6, 6.07) is 7.64. The van der Waals surface area contributed by atoms with Gasteiger partial charge in [0.1, 0.15) is 5.75 Å². The Balaban J connectivity index is 1.89. The molecule has 1 saturated carbocycles. The topological polar surface area (TPSA) is 26.3 Å². The van der Waals surface area contributed by atoms with Crippen molar-refractivity contribution in [3.63, 3.8) is 0 Å². The van der Waals surface area contributed by atoms with Gasteiger partial charge in [0, 0.05) is 12.0 Å². The number of carbonyl (C=O) groups excluding carboxylic acids is 1. The lowest BCUT2D eigenvalue weighted by Gasteiger charge is -2.21. The second-order valence-electron chi connectivity index (χ2n) is 5.52. The predicted molar refractivity (Wildman–Crippen MR) is 77.8 cm³/mol. The van der Waals surface area contributed by atoms with Gasteiger partial charge in [-0.3, -0.25) is 4.79 Å². The molecule has 1 aromatic rings. The highest BCUT2D eigenvalue weighted by atomic mass is 16.5. The summed E-state index contributed by atoms with van der Waals surface area (Å²) in [5.41, 5.74) is 0.781. The van der Waals surface area contributed by atoms with Gasteiger partial charge in [0.15, 0.2) is 5.78 Å². The Morgan fingerprint density at radius 2 is 2.05 bits per heavy atom. The second-order valence-corrected chi connectivity index (χ2v) is 5.52. The van der Waals surface area contributed by atoms with Crippen molar-refractivity contribution < 1.29 is 9.53 Å². The maximum Gasteiger partial charge on any atom is 0.162 e. The molecule has 0 bridgehead atoms. The Bertz CT molecular complexity index is 405. The molecule has 0 aliphatic heterocycles. The summed E-state index contributed by atoms with van der Waals surface area (Å²) in [6.07, 6.45) is 8.13. The maximum absolute atomic E-state index is 11.8. The lowest BCUT2D eigenvalue weighted by Crippen LogP contribution is -2.15. The molecule has 0 unspecified atom stereocenters. The molecule has 1 aliphatic carbocycles. The highest BCUT2D eigenvalue weighted by molar-refractivity contribution is 5.96. The van der Waals surface area contributed by atoms with E-state index in [9.17, 15) is 4.79 Å². The smallest absolute Gasteiger partial charge is 0.162 e. The molecule has 0 amide bonds. The van der Waals surface area contributed by atoms with Gasteiger partial charge >= 0.3 is 0 Å². The van der Waals surface area contributed by atoms with E-state index in [-0.39, 0.29) is 5.78 Å². The Kier molecular flexibility index (Phi) is 5.44. The first-order valence-corrected chi connectivity index (χ1v) is 7.55. The van der Waals surface area contributed by atoms with Crippen molar-refractivity contribution in [2.45, 2.75) is 51.9 Å². The molecule has 2 nitrogen and oxygen atoms in total. The van der Waals surface area contributed by atoms with Crippen LogP contribution in [0.5, 0.6) is 5.75 Å². The van der Waals surface area contributed by atoms with E-state index in [2.05, 4.69) is 0 Å². The first kappa shape index (κ1) is 14.1. The van der Waals surface area contributed by atoms with E-state index in [1.165, 1.54) is 32.1 Å². The van der Waals surface area contributed by atoms with Crippen molar-refractivity contribution in [3.8, 4) is 5.75 Å². The zero-order valence-electron chi connectivity index (χ0n) is 11.9. The number of rotatable bonds is 6. The number of carbonyl (C=O) groups is 1. The lowest BCUT2D eigenvalue weighted by molar-refractivity contribution is 0.0981. The first-order valence-electron chi connectivity index (χ1n) is 7.55. The molecule has 1 fully saturated rings. The van der Waals surface area contributed by atoms with Gasteiger partial charge < -0.3 is 4.74 Å². The van der Waals surface area contributed by atoms with E-state index in [0.717, 1.165) is 24.3 Å². The average molecular weight is 260 g/mol. The Morgan fingerprint density at radius 3 is 2.79 bits per heavy atom. The highest BCUT2D eigenvalue weighted by Crippen LogP contribution is 2.25. The summed E-state index contributed by atoms with van der Waals surface area (Å²) in [5, 5.41) is 0. The zero-order valence-corrected chi connectivity index (χ0v) is 11.9. The lowest BCUT2D eigenvalue weighted by atomic mass is 9.90. The van der Waals surface area contributed by atoms with Gasteiger partial charge in [0.05, 0.1) is 6.61 Å². The minimum absolute atomic E-state index is 0.214. The molecular formula is C17H24O2. The molecule has 0 aromatic heterocycles. The number of ether oxygens (including phenoxy) is 1. The van der Waals surface area contributed by atoms with Gasteiger partial charge in [-0.15, -0.1) is 0 Å². The normalized spacial score (nSPS) is 16.3. The van der Waals surface area contributed by atoms with Crippen molar-refractivity contribution in [1.29, 1.82) is 0 Å². The van der Waals surface area contributed by atoms with Gasteiger partial charge in [-0.1, -0.05) is 38.3 Å². The molecule has 0 N–H and O–H groups in total. The van der Waals surface area contributed by atoms with Crippen LogP contribution in [0.15, 0.2) is 24.3 Å². The Hall–Kier alpha value is -1.31. The molecule has 0 atom stereocenters. The van der Waals surface area contributed by atoms with Gasteiger partial charge in [-0.25, -0.2) is 0 Å². The third-order valence-corrected chi connectivity index (χ3v) is 3.84. The van der Waals surface area contributed by atoms with E-state index < -0.39 is 0 Å². The van der Waals surface area contributed by atoms with Gasteiger partial charge in [-0.05, 0) is 37.3 Å². The number of hydrogen-bond donors (Lipinski definition) is 0. The van der Waals surface area contributed by atoms with E-state index in [4.69, 9.17) is 4.74 Å². The van der Waals surface area contributed by atoms with Gasteiger partial charge in [0.2, 0.25) is 0 Å². The van der Waals surface area contributed by atoms with Crippen LogP contribution >= 0.6 is 0 Å². The number of hydrogen-bond acceptors (Lipinski definition) is 2. The van der Waals surface area contributed by atoms with Crippen molar-refractivity contribution in [3.05, 3.63) is 29.8 Å². The fraction of sp³-hybridized carbons (Fsp3) is 0.588. The Labute approximate surface area is 116 Å². The summed E-state index contributed by atoms with van der Waals surface area (Å²) in [5.74, 6) is 1.75. The molecule has 2 rings (SSSR count). The van der Waals surface area contributed by atoms with Crippen LogP contribution in [-0.4, -0.2) is 12.4 Å². The van der Waals surface area contributed by atoms with Crippen molar-refractivity contribution in [2.24, 2.45) is 5.92 Å². The van der Waals surface area contributed by atoms with Crippen LogP contribution in [0, 0.1) is 5.92 Å². The molecule has 0 radical (unpaired) electrons. The summed E-state index contributed by atoms with van der Waals surface area (Å²) < 4.78 is 5.86. The number of ketones is 1. The third kappa shape index (κ3) is 4.38. The van der Waals surface area contributed by atoms with Gasteiger partial charge in [0.25, 0.3) is 0 Å². The van der Waals surface area contributed by atoms with E-state index >= 15 is 0 Å². The van der Waals surface area contributed by atoms with E-state index in [0.29, 0.717) is 12.3 Å². The zero-order chi connectivity index (χ0) is 13.5. The van der Waals surface area contributed by atoms with E-state index in [1.807, 2.05) is 31.2 Å². The maximum atomic E-state index is 11.8. The summed E-state index contributed by atoms with van der Waals surface area (Å²) in [6.45, 7) is 2.83. The largest absolute Gasteiger partial charge is 0.493 e. The minimum Gasteiger partial charge on any atom is -0.493 e. The average Bonchev–Trinajstić information content (AvgIpc) is 2.47. The van der Waals surface area contributed by atoms with Crippen LogP contribution in [0.25, 0.3) is 0 Å². The molecular weight excluding hydrogens is 236 g/mol. The van der Waals surface area contributed by atoms with Crippen LogP contribution in [0.4, 0.5) is 0 Å².